The third-order valence-electron chi connectivity index (χ3n) is 4.88. The molecule has 1 aliphatic carbocycles. The standard InChI is InChI=1S/C19H21F3N2O/c1-11-6-7-17-13(8-11)9-16(12(2)23-17)18(25)24-15-5-3-4-14(10-15)19(20,21)22/h6-9,14-15H,3-5,10H2,1-2H3,(H,24,25). The van der Waals surface area contributed by atoms with E-state index >= 15 is 0 Å². The minimum atomic E-state index is -4.19. The van der Waals surface area contributed by atoms with Crippen LogP contribution in [0.1, 0.15) is 47.3 Å². The van der Waals surface area contributed by atoms with Gasteiger partial charge in [0.2, 0.25) is 0 Å². The van der Waals surface area contributed by atoms with Crippen molar-refractivity contribution in [2.75, 3.05) is 0 Å². The van der Waals surface area contributed by atoms with E-state index in [-0.39, 0.29) is 18.7 Å². The first kappa shape index (κ1) is 17.7. The van der Waals surface area contributed by atoms with Crippen molar-refractivity contribution in [2.24, 2.45) is 5.92 Å². The number of halogens is 3. The van der Waals surface area contributed by atoms with Crippen LogP contribution in [-0.2, 0) is 0 Å². The Labute approximate surface area is 144 Å². The van der Waals surface area contributed by atoms with Crippen LogP contribution in [0.4, 0.5) is 13.2 Å². The fourth-order valence-electron chi connectivity index (χ4n) is 3.50. The fraction of sp³-hybridized carbons (Fsp3) is 0.474. The van der Waals surface area contributed by atoms with E-state index in [1.807, 2.05) is 25.1 Å². The van der Waals surface area contributed by atoms with Crippen LogP contribution in [-0.4, -0.2) is 23.1 Å². The molecule has 2 aromatic rings. The maximum Gasteiger partial charge on any atom is 0.391 e. The summed E-state index contributed by atoms with van der Waals surface area (Å²) < 4.78 is 38.8. The zero-order chi connectivity index (χ0) is 18.2. The number of carbonyl (C=O) groups excluding carboxylic acids is 1. The maximum atomic E-state index is 12.9. The smallest absolute Gasteiger partial charge is 0.349 e. The molecule has 1 N–H and O–H groups in total. The molecule has 1 aliphatic rings. The van der Waals surface area contributed by atoms with E-state index in [0.717, 1.165) is 16.5 Å². The highest BCUT2D eigenvalue weighted by molar-refractivity contribution is 5.98. The monoisotopic (exact) mass is 350 g/mol. The number of fused-ring (bicyclic) bond motifs is 1. The molecule has 1 aromatic heterocycles. The van der Waals surface area contributed by atoms with Gasteiger partial charge in [0.15, 0.2) is 0 Å². The summed E-state index contributed by atoms with van der Waals surface area (Å²) in [4.78, 5) is 17.0. The molecule has 3 rings (SSSR count). The average Bonchev–Trinajstić information content (AvgIpc) is 2.54. The SMILES string of the molecule is Cc1ccc2nc(C)c(C(=O)NC3CCCC(C(F)(F)F)C3)cc2c1. The highest BCUT2D eigenvalue weighted by atomic mass is 19.4. The Morgan fingerprint density at radius 3 is 2.68 bits per heavy atom. The predicted molar refractivity (Wildman–Crippen MR) is 90.5 cm³/mol. The van der Waals surface area contributed by atoms with Crippen LogP contribution in [0, 0.1) is 19.8 Å². The second-order valence-corrected chi connectivity index (χ2v) is 6.89. The van der Waals surface area contributed by atoms with Gasteiger partial charge in [0.1, 0.15) is 0 Å². The van der Waals surface area contributed by atoms with Crippen LogP contribution in [0.5, 0.6) is 0 Å². The number of rotatable bonds is 2. The lowest BCUT2D eigenvalue weighted by Gasteiger charge is -2.31. The van der Waals surface area contributed by atoms with Crippen molar-refractivity contribution in [1.82, 2.24) is 10.3 Å². The highest BCUT2D eigenvalue weighted by Crippen LogP contribution is 2.37. The van der Waals surface area contributed by atoms with Gasteiger partial charge in [-0.25, -0.2) is 0 Å². The zero-order valence-corrected chi connectivity index (χ0v) is 14.3. The second-order valence-electron chi connectivity index (χ2n) is 6.89. The summed E-state index contributed by atoms with van der Waals surface area (Å²) in [7, 11) is 0. The molecule has 0 bridgehead atoms. The molecular formula is C19H21F3N2O. The molecule has 1 saturated carbocycles. The molecule has 2 unspecified atom stereocenters. The van der Waals surface area contributed by atoms with Gasteiger partial charge < -0.3 is 5.32 Å². The van der Waals surface area contributed by atoms with Crippen LogP contribution in [0.25, 0.3) is 10.9 Å². The topological polar surface area (TPSA) is 42.0 Å². The lowest BCUT2D eigenvalue weighted by Crippen LogP contribution is -2.41. The average molecular weight is 350 g/mol. The van der Waals surface area contributed by atoms with Crippen LogP contribution < -0.4 is 5.32 Å². The van der Waals surface area contributed by atoms with E-state index in [1.54, 1.807) is 13.0 Å². The van der Waals surface area contributed by atoms with Gasteiger partial charge >= 0.3 is 6.18 Å². The van der Waals surface area contributed by atoms with Gasteiger partial charge in [0.25, 0.3) is 5.91 Å². The predicted octanol–water partition coefficient (Wildman–Crippen LogP) is 4.70. The summed E-state index contributed by atoms with van der Waals surface area (Å²) in [5, 5.41) is 3.63. The number of amides is 1. The van der Waals surface area contributed by atoms with Gasteiger partial charge in [-0.15, -0.1) is 0 Å². The van der Waals surface area contributed by atoms with Gasteiger partial charge in [0.05, 0.1) is 22.7 Å². The first-order valence-electron chi connectivity index (χ1n) is 8.49. The van der Waals surface area contributed by atoms with Gasteiger partial charge in [-0.3, -0.25) is 9.78 Å². The van der Waals surface area contributed by atoms with Crippen LogP contribution >= 0.6 is 0 Å². The molecule has 1 heterocycles. The third kappa shape index (κ3) is 3.94. The van der Waals surface area contributed by atoms with Crippen molar-refractivity contribution >= 4 is 16.8 Å². The lowest BCUT2D eigenvalue weighted by atomic mass is 9.85. The van der Waals surface area contributed by atoms with Crippen molar-refractivity contribution in [1.29, 1.82) is 0 Å². The third-order valence-corrected chi connectivity index (χ3v) is 4.88. The van der Waals surface area contributed by atoms with Crippen molar-refractivity contribution in [2.45, 2.75) is 51.7 Å². The van der Waals surface area contributed by atoms with Crippen LogP contribution in [0.2, 0.25) is 0 Å². The Morgan fingerprint density at radius 2 is 1.96 bits per heavy atom. The van der Waals surface area contributed by atoms with E-state index in [9.17, 15) is 18.0 Å². The van der Waals surface area contributed by atoms with Crippen LogP contribution in [0.3, 0.4) is 0 Å². The summed E-state index contributed by atoms with van der Waals surface area (Å²) in [5.41, 5.74) is 2.86. The number of hydrogen-bond acceptors (Lipinski definition) is 2. The van der Waals surface area contributed by atoms with E-state index in [0.29, 0.717) is 24.1 Å². The maximum absolute atomic E-state index is 12.9. The van der Waals surface area contributed by atoms with Gasteiger partial charge in [0, 0.05) is 11.4 Å². The largest absolute Gasteiger partial charge is 0.391 e. The molecule has 0 aliphatic heterocycles. The van der Waals surface area contributed by atoms with Crippen molar-refractivity contribution in [3.05, 3.63) is 41.1 Å². The van der Waals surface area contributed by atoms with E-state index < -0.39 is 18.1 Å². The van der Waals surface area contributed by atoms with Crippen molar-refractivity contribution in [3.8, 4) is 0 Å². The zero-order valence-electron chi connectivity index (χ0n) is 14.3. The van der Waals surface area contributed by atoms with Crippen molar-refractivity contribution in [3.63, 3.8) is 0 Å². The van der Waals surface area contributed by atoms with E-state index in [2.05, 4.69) is 10.3 Å². The number of benzene rings is 1. The number of alkyl halides is 3. The molecule has 134 valence electrons. The molecule has 1 aromatic carbocycles. The number of carbonyl (C=O) groups is 1. The number of pyridine rings is 1. The van der Waals surface area contributed by atoms with Gasteiger partial charge in [-0.05, 0) is 51.3 Å². The molecule has 3 nitrogen and oxygen atoms in total. The van der Waals surface area contributed by atoms with Gasteiger partial charge in [-0.2, -0.15) is 13.2 Å². The second kappa shape index (κ2) is 6.65. The summed E-state index contributed by atoms with van der Waals surface area (Å²) in [6.45, 7) is 3.70. The Kier molecular flexibility index (Phi) is 4.71. The molecular weight excluding hydrogens is 329 g/mol. The van der Waals surface area contributed by atoms with Crippen LogP contribution in [0.15, 0.2) is 24.3 Å². The number of nitrogens with one attached hydrogen (secondary N) is 1. The molecule has 2 atom stereocenters. The number of aromatic nitrogens is 1. The first-order valence-corrected chi connectivity index (χ1v) is 8.49. The lowest BCUT2D eigenvalue weighted by molar-refractivity contribution is -0.183. The summed E-state index contributed by atoms with van der Waals surface area (Å²) in [5.74, 6) is -1.67. The Balaban J connectivity index is 1.79. The fourth-order valence-corrected chi connectivity index (χ4v) is 3.50. The highest BCUT2D eigenvalue weighted by Gasteiger charge is 2.42. The molecule has 6 heteroatoms. The summed E-state index contributed by atoms with van der Waals surface area (Å²) >= 11 is 0. The minimum absolute atomic E-state index is 0.0472. The van der Waals surface area contributed by atoms with Crippen molar-refractivity contribution < 1.29 is 18.0 Å². The van der Waals surface area contributed by atoms with Gasteiger partial charge in [-0.1, -0.05) is 18.1 Å². The minimum Gasteiger partial charge on any atom is -0.349 e. The molecule has 1 amide bonds. The Hall–Kier alpha value is -2.11. The number of hydrogen-bond donors (Lipinski definition) is 1. The molecule has 0 spiro atoms. The summed E-state index contributed by atoms with van der Waals surface area (Å²) in [6.07, 6.45) is -3.04. The van der Waals surface area contributed by atoms with E-state index in [1.165, 1.54) is 0 Å². The molecule has 25 heavy (non-hydrogen) atoms. The molecule has 1 fully saturated rings. The summed E-state index contributed by atoms with van der Waals surface area (Å²) in [6, 6.07) is 7.12. The van der Waals surface area contributed by atoms with E-state index in [4.69, 9.17) is 0 Å². The normalized spacial score (nSPS) is 21.3. The number of nitrogens with zero attached hydrogens (tertiary/aromatic N) is 1. The Morgan fingerprint density at radius 1 is 1.20 bits per heavy atom. The number of aryl methyl sites for hydroxylation is 2. The molecule has 0 radical (unpaired) electrons. The Bertz CT molecular complexity index is 801. The quantitative estimate of drug-likeness (QED) is 0.853. The first-order chi connectivity index (χ1) is 11.7. The molecule has 0 saturated heterocycles.